The first-order chi connectivity index (χ1) is 18.5. The standard InChI is InChI=1S/C27H26F3N7O/c28-17-1-6-23(30)21(13-17)24-14-18(29)16-36(24)25-7-10-37-26(34-25)22(15-32-37)27(38)33-19-2-4-20(5-3-19)35-11-8-31-9-12-35/h1-7,10,13,15,18,24,31H,8-9,11-12,14,16H2,(H,33,38)/t18-,24+/m0/s1. The summed E-state index contributed by atoms with van der Waals surface area (Å²) in [5, 5.41) is 10.4. The Morgan fingerprint density at radius 1 is 1.05 bits per heavy atom. The third-order valence-corrected chi connectivity index (χ3v) is 7.07. The molecule has 196 valence electrons. The van der Waals surface area contributed by atoms with Crippen LogP contribution >= 0.6 is 0 Å². The molecule has 6 rings (SSSR count). The first-order valence-corrected chi connectivity index (χ1v) is 12.5. The van der Waals surface area contributed by atoms with Gasteiger partial charge < -0.3 is 20.4 Å². The quantitative estimate of drug-likeness (QED) is 0.414. The molecule has 0 radical (unpaired) electrons. The Kier molecular flexibility index (Phi) is 6.36. The average Bonchev–Trinajstić information content (AvgIpc) is 3.54. The molecule has 0 bridgehead atoms. The van der Waals surface area contributed by atoms with Crippen LogP contribution in [0.3, 0.4) is 0 Å². The second-order valence-electron chi connectivity index (χ2n) is 9.52. The molecule has 2 saturated heterocycles. The average molecular weight is 522 g/mol. The summed E-state index contributed by atoms with van der Waals surface area (Å²) in [6.07, 6.45) is 1.80. The number of amides is 1. The summed E-state index contributed by atoms with van der Waals surface area (Å²) in [4.78, 5) is 21.6. The van der Waals surface area contributed by atoms with Crippen molar-refractivity contribution < 1.29 is 18.0 Å². The predicted molar refractivity (Wildman–Crippen MR) is 138 cm³/mol. The van der Waals surface area contributed by atoms with Gasteiger partial charge in [0.2, 0.25) is 0 Å². The molecule has 2 atom stereocenters. The van der Waals surface area contributed by atoms with Gasteiger partial charge in [0, 0.05) is 55.7 Å². The first kappa shape index (κ1) is 24.2. The maximum atomic E-state index is 14.5. The maximum Gasteiger partial charge on any atom is 0.261 e. The summed E-state index contributed by atoms with van der Waals surface area (Å²) in [6.45, 7) is 3.69. The lowest BCUT2D eigenvalue weighted by molar-refractivity contribution is 0.102. The highest BCUT2D eigenvalue weighted by atomic mass is 19.1. The normalized spacial score (nSPS) is 19.8. The van der Waals surface area contributed by atoms with Crippen molar-refractivity contribution in [1.29, 1.82) is 0 Å². The first-order valence-electron chi connectivity index (χ1n) is 12.5. The Morgan fingerprint density at radius 3 is 2.63 bits per heavy atom. The molecular formula is C27H26F3N7O. The highest BCUT2D eigenvalue weighted by Crippen LogP contribution is 2.38. The van der Waals surface area contributed by atoms with E-state index in [2.05, 4.69) is 25.6 Å². The van der Waals surface area contributed by atoms with Gasteiger partial charge in [-0.2, -0.15) is 5.10 Å². The smallest absolute Gasteiger partial charge is 0.261 e. The molecule has 8 nitrogen and oxygen atoms in total. The second-order valence-corrected chi connectivity index (χ2v) is 9.52. The number of halogens is 3. The minimum atomic E-state index is -1.24. The fraction of sp³-hybridized carbons (Fsp3) is 0.296. The van der Waals surface area contributed by atoms with Gasteiger partial charge in [-0.3, -0.25) is 4.79 Å². The van der Waals surface area contributed by atoms with E-state index in [0.29, 0.717) is 11.5 Å². The van der Waals surface area contributed by atoms with Crippen molar-refractivity contribution in [2.75, 3.05) is 47.8 Å². The van der Waals surface area contributed by atoms with E-state index in [1.807, 2.05) is 24.3 Å². The van der Waals surface area contributed by atoms with Crippen LogP contribution in [0.4, 0.5) is 30.4 Å². The topological polar surface area (TPSA) is 77.8 Å². The number of hydrogen-bond donors (Lipinski definition) is 2. The summed E-state index contributed by atoms with van der Waals surface area (Å²) >= 11 is 0. The summed E-state index contributed by atoms with van der Waals surface area (Å²) in [6, 6.07) is 11.7. The molecule has 2 aromatic carbocycles. The Bertz CT molecular complexity index is 1470. The van der Waals surface area contributed by atoms with Gasteiger partial charge in [0.15, 0.2) is 5.65 Å². The van der Waals surface area contributed by atoms with Crippen molar-refractivity contribution >= 4 is 28.7 Å². The lowest BCUT2D eigenvalue weighted by Gasteiger charge is -2.29. The molecule has 38 heavy (non-hydrogen) atoms. The van der Waals surface area contributed by atoms with Gasteiger partial charge in [0.05, 0.1) is 18.8 Å². The van der Waals surface area contributed by atoms with Crippen molar-refractivity contribution in [2.24, 2.45) is 0 Å². The van der Waals surface area contributed by atoms with Crippen LogP contribution in [0.2, 0.25) is 0 Å². The van der Waals surface area contributed by atoms with Crippen molar-refractivity contribution in [3.63, 3.8) is 0 Å². The Hall–Kier alpha value is -4.12. The van der Waals surface area contributed by atoms with Crippen LogP contribution in [-0.4, -0.2) is 59.4 Å². The number of fused-ring (bicyclic) bond motifs is 1. The second kappa shape index (κ2) is 9.97. The van der Waals surface area contributed by atoms with E-state index >= 15 is 0 Å². The molecule has 4 aromatic rings. The summed E-state index contributed by atoms with van der Waals surface area (Å²) in [5.74, 6) is -1.25. The third kappa shape index (κ3) is 4.65. The number of nitrogens with zero attached hydrogens (tertiary/aromatic N) is 5. The number of alkyl halides is 1. The fourth-order valence-corrected chi connectivity index (χ4v) is 5.16. The fourth-order valence-electron chi connectivity index (χ4n) is 5.16. The molecule has 2 aliphatic heterocycles. The number of aromatic nitrogens is 3. The van der Waals surface area contributed by atoms with Crippen molar-refractivity contribution in [3.8, 4) is 0 Å². The molecule has 0 saturated carbocycles. The molecule has 2 aliphatic rings. The molecule has 4 heterocycles. The molecule has 0 aliphatic carbocycles. The van der Waals surface area contributed by atoms with E-state index < -0.39 is 29.8 Å². The van der Waals surface area contributed by atoms with E-state index in [-0.39, 0.29) is 29.7 Å². The van der Waals surface area contributed by atoms with Gasteiger partial charge in [-0.05, 0) is 48.5 Å². The molecule has 11 heteroatoms. The Balaban J connectivity index is 1.25. The molecular weight excluding hydrogens is 495 g/mol. The zero-order chi connectivity index (χ0) is 26.2. The van der Waals surface area contributed by atoms with E-state index in [9.17, 15) is 18.0 Å². The van der Waals surface area contributed by atoms with Gasteiger partial charge >= 0.3 is 0 Å². The van der Waals surface area contributed by atoms with Gasteiger partial charge in [0.25, 0.3) is 5.91 Å². The molecule has 0 spiro atoms. The number of carbonyl (C=O) groups is 1. The number of carbonyl (C=O) groups excluding carboxylic acids is 1. The van der Waals surface area contributed by atoms with Crippen LogP contribution in [0.5, 0.6) is 0 Å². The summed E-state index contributed by atoms with van der Waals surface area (Å²) < 4.78 is 44.4. The number of benzene rings is 2. The van der Waals surface area contributed by atoms with Crippen LogP contribution < -0.4 is 20.4 Å². The van der Waals surface area contributed by atoms with Gasteiger partial charge in [-0.15, -0.1) is 0 Å². The van der Waals surface area contributed by atoms with Crippen molar-refractivity contribution in [2.45, 2.75) is 18.6 Å². The number of piperazine rings is 1. The van der Waals surface area contributed by atoms with Crippen LogP contribution in [0.25, 0.3) is 5.65 Å². The zero-order valence-corrected chi connectivity index (χ0v) is 20.4. The van der Waals surface area contributed by atoms with E-state index in [4.69, 9.17) is 0 Å². The highest BCUT2D eigenvalue weighted by molar-refractivity contribution is 6.08. The molecule has 1 amide bonds. The highest BCUT2D eigenvalue weighted by Gasteiger charge is 2.36. The molecule has 2 aromatic heterocycles. The van der Waals surface area contributed by atoms with Crippen LogP contribution in [-0.2, 0) is 0 Å². The largest absolute Gasteiger partial charge is 0.369 e. The number of rotatable bonds is 5. The van der Waals surface area contributed by atoms with Gasteiger partial charge in [-0.1, -0.05) is 0 Å². The van der Waals surface area contributed by atoms with E-state index in [1.54, 1.807) is 17.2 Å². The maximum absolute atomic E-state index is 14.5. The van der Waals surface area contributed by atoms with Crippen LogP contribution in [0, 0.1) is 11.6 Å². The van der Waals surface area contributed by atoms with Gasteiger partial charge in [0.1, 0.15) is 29.2 Å². The lowest BCUT2D eigenvalue weighted by atomic mass is 10.0. The number of anilines is 3. The minimum absolute atomic E-state index is 0.00374. The van der Waals surface area contributed by atoms with E-state index in [1.165, 1.54) is 10.7 Å². The van der Waals surface area contributed by atoms with Crippen molar-refractivity contribution in [3.05, 3.63) is 83.7 Å². The monoisotopic (exact) mass is 521 g/mol. The predicted octanol–water partition coefficient (Wildman–Crippen LogP) is 3.96. The minimum Gasteiger partial charge on any atom is -0.369 e. The Morgan fingerprint density at radius 2 is 1.84 bits per heavy atom. The molecule has 2 fully saturated rings. The summed E-state index contributed by atoms with van der Waals surface area (Å²) in [5.41, 5.74) is 2.31. The Labute approximate surface area is 217 Å². The number of nitrogens with one attached hydrogen (secondary N) is 2. The SMILES string of the molecule is O=C(Nc1ccc(N2CCNCC2)cc1)c1cnn2ccc(N3C[C@@H](F)C[C@@H]3c3cc(F)ccc3F)nc12. The van der Waals surface area contributed by atoms with E-state index in [0.717, 1.165) is 50.1 Å². The molecule has 0 unspecified atom stereocenters. The number of hydrogen-bond acceptors (Lipinski definition) is 6. The van der Waals surface area contributed by atoms with Gasteiger partial charge in [-0.25, -0.2) is 22.7 Å². The lowest BCUT2D eigenvalue weighted by Crippen LogP contribution is -2.43. The molecule has 2 N–H and O–H groups in total. The third-order valence-electron chi connectivity index (χ3n) is 7.07. The zero-order valence-electron chi connectivity index (χ0n) is 20.4. The van der Waals surface area contributed by atoms with Crippen LogP contribution in [0.15, 0.2) is 60.9 Å². The summed E-state index contributed by atoms with van der Waals surface area (Å²) in [7, 11) is 0. The van der Waals surface area contributed by atoms with Crippen molar-refractivity contribution in [1.82, 2.24) is 19.9 Å². The van der Waals surface area contributed by atoms with Crippen LogP contribution in [0.1, 0.15) is 28.4 Å².